The molecule has 2 aliphatic rings. The van der Waals surface area contributed by atoms with E-state index in [-0.39, 0.29) is 11.7 Å². The van der Waals surface area contributed by atoms with Crippen molar-refractivity contribution in [2.45, 2.75) is 19.4 Å². The molecule has 0 spiro atoms. The number of halogens is 1. The van der Waals surface area contributed by atoms with Gasteiger partial charge in [-0.25, -0.2) is 4.39 Å². The van der Waals surface area contributed by atoms with Gasteiger partial charge in [0.25, 0.3) is 0 Å². The standard InChI is InChI=1S/C21H25FN2O2S/c22-18-3-1-2-17(14-18)20-5-4-19(27-20)15-23-8-10-24(11-9-23)21(25)16-6-12-26-13-7-16/h1-5,14,16H,6-13,15H2. The Balaban J connectivity index is 1.30. The van der Waals surface area contributed by atoms with Gasteiger partial charge in [0.05, 0.1) is 0 Å². The summed E-state index contributed by atoms with van der Waals surface area (Å²) in [5, 5.41) is 0. The third kappa shape index (κ3) is 4.57. The van der Waals surface area contributed by atoms with E-state index in [2.05, 4.69) is 17.0 Å². The van der Waals surface area contributed by atoms with Gasteiger partial charge in [-0.15, -0.1) is 11.3 Å². The average molecular weight is 389 g/mol. The first kappa shape index (κ1) is 18.6. The summed E-state index contributed by atoms with van der Waals surface area (Å²) in [6.07, 6.45) is 1.72. The van der Waals surface area contributed by atoms with Gasteiger partial charge in [0.15, 0.2) is 0 Å². The van der Waals surface area contributed by atoms with Crippen LogP contribution in [0, 0.1) is 11.7 Å². The van der Waals surface area contributed by atoms with Crippen LogP contribution in [-0.2, 0) is 16.1 Å². The summed E-state index contributed by atoms with van der Waals surface area (Å²) in [5.74, 6) is 0.256. The highest BCUT2D eigenvalue weighted by molar-refractivity contribution is 7.15. The number of carbonyl (C=O) groups is 1. The monoisotopic (exact) mass is 388 g/mol. The predicted molar refractivity (Wildman–Crippen MR) is 105 cm³/mol. The van der Waals surface area contributed by atoms with Crippen LogP contribution in [0.15, 0.2) is 36.4 Å². The molecule has 0 atom stereocenters. The van der Waals surface area contributed by atoms with Crippen molar-refractivity contribution in [3.8, 4) is 10.4 Å². The quantitative estimate of drug-likeness (QED) is 0.802. The fourth-order valence-electron chi connectivity index (χ4n) is 3.81. The molecule has 0 N–H and O–H groups in total. The predicted octanol–water partition coefficient (Wildman–Crippen LogP) is 3.63. The number of hydrogen-bond donors (Lipinski definition) is 0. The van der Waals surface area contributed by atoms with Gasteiger partial charge in [0.2, 0.25) is 5.91 Å². The van der Waals surface area contributed by atoms with Gasteiger partial charge < -0.3 is 9.64 Å². The second-order valence-corrected chi connectivity index (χ2v) is 8.43. The number of piperazine rings is 1. The topological polar surface area (TPSA) is 32.8 Å². The highest BCUT2D eigenvalue weighted by Crippen LogP contribution is 2.29. The summed E-state index contributed by atoms with van der Waals surface area (Å²) < 4.78 is 18.8. The molecule has 1 aromatic heterocycles. The van der Waals surface area contributed by atoms with Gasteiger partial charge in [0, 0.05) is 61.6 Å². The maximum absolute atomic E-state index is 13.4. The number of carbonyl (C=O) groups excluding carboxylic acids is 1. The highest BCUT2D eigenvalue weighted by atomic mass is 32.1. The van der Waals surface area contributed by atoms with Crippen LogP contribution >= 0.6 is 11.3 Å². The molecule has 4 nitrogen and oxygen atoms in total. The molecule has 0 radical (unpaired) electrons. The van der Waals surface area contributed by atoms with Gasteiger partial charge in [0.1, 0.15) is 5.82 Å². The molecule has 0 saturated carbocycles. The Morgan fingerprint density at radius 2 is 1.89 bits per heavy atom. The van der Waals surface area contributed by atoms with Crippen LogP contribution in [0.5, 0.6) is 0 Å². The minimum absolute atomic E-state index is 0.149. The first-order chi connectivity index (χ1) is 13.2. The molecule has 27 heavy (non-hydrogen) atoms. The lowest BCUT2D eigenvalue weighted by Crippen LogP contribution is -2.50. The average Bonchev–Trinajstić information content (AvgIpc) is 3.17. The van der Waals surface area contributed by atoms with E-state index in [0.717, 1.165) is 56.0 Å². The lowest BCUT2D eigenvalue weighted by molar-refractivity contribution is -0.140. The Bertz CT molecular complexity index is 780. The van der Waals surface area contributed by atoms with Crippen molar-refractivity contribution in [3.05, 3.63) is 47.1 Å². The van der Waals surface area contributed by atoms with Crippen LogP contribution in [-0.4, -0.2) is 55.1 Å². The molecule has 0 aliphatic carbocycles. The van der Waals surface area contributed by atoms with E-state index >= 15 is 0 Å². The highest BCUT2D eigenvalue weighted by Gasteiger charge is 2.28. The Morgan fingerprint density at radius 3 is 2.63 bits per heavy atom. The molecule has 2 aromatic rings. The number of ether oxygens (including phenoxy) is 1. The van der Waals surface area contributed by atoms with Crippen molar-refractivity contribution >= 4 is 17.2 Å². The third-order valence-corrected chi connectivity index (χ3v) is 6.52. The van der Waals surface area contributed by atoms with E-state index in [0.29, 0.717) is 19.1 Å². The molecule has 2 saturated heterocycles. The second kappa shape index (κ2) is 8.50. The van der Waals surface area contributed by atoms with Crippen LogP contribution in [0.2, 0.25) is 0 Å². The van der Waals surface area contributed by atoms with Crippen molar-refractivity contribution in [2.75, 3.05) is 39.4 Å². The number of thiophene rings is 1. The van der Waals surface area contributed by atoms with Crippen LogP contribution in [0.4, 0.5) is 4.39 Å². The lowest BCUT2D eigenvalue weighted by Gasteiger charge is -2.37. The molecule has 2 aliphatic heterocycles. The van der Waals surface area contributed by atoms with E-state index in [1.807, 2.05) is 11.0 Å². The van der Waals surface area contributed by atoms with Crippen LogP contribution in [0.25, 0.3) is 10.4 Å². The van der Waals surface area contributed by atoms with Crippen molar-refractivity contribution in [3.63, 3.8) is 0 Å². The number of hydrogen-bond acceptors (Lipinski definition) is 4. The summed E-state index contributed by atoms with van der Waals surface area (Å²) in [4.78, 5) is 19.4. The smallest absolute Gasteiger partial charge is 0.225 e. The summed E-state index contributed by atoms with van der Waals surface area (Å²) >= 11 is 1.72. The fourth-order valence-corrected chi connectivity index (χ4v) is 4.86. The first-order valence-electron chi connectivity index (χ1n) is 9.62. The maximum Gasteiger partial charge on any atom is 0.225 e. The van der Waals surface area contributed by atoms with E-state index in [9.17, 15) is 9.18 Å². The fraction of sp³-hybridized carbons (Fsp3) is 0.476. The number of rotatable bonds is 4. The molecular weight excluding hydrogens is 363 g/mol. The minimum atomic E-state index is -0.201. The van der Waals surface area contributed by atoms with E-state index in [1.165, 1.54) is 10.9 Å². The Hall–Kier alpha value is -1.76. The third-order valence-electron chi connectivity index (χ3n) is 5.40. The zero-order valence-corrected chi connectivity index (χ0v) is 16.2. The zero-order chi connectivity index (χ0) is 18.6. The number of nitrogens with zero attached hydrogens (tertiary/aromatic N) is 2. The number of benzene rings is 1. The molecule has 0 bridgehead atoms. The Morgan fingerprint density at radius 1 is 1.11 bits per heavy atom. The van der Waals surface area contributed by atoms with Crippen molar-refractivity contribution in [1.29, 1.82) is 0 Å². The van der Waals surface area contributed by atoms with E-state index < -0.39 is 0 Å². The molecule has 3 heterocycles. The maximum atomic E-state index is 13.4. The first-order valence-corrected chi connectivity index (χ1v) is 10.4. The summed E-state index contributed by atoms with van der Waals surface area (Å²) in [6.45, 7) is 5.73. The van der Waals surface area contributed by atoms with E-state index in [1.54, 1.807) is 23.5 Å². The van der Waals surface area contributed by atoms with Crippen LogP contribution in [0.1, 0.15) is 17.7 Å². The lowest BCUT2D eigenvalue weighted by atomic mass is 9.98. The SMILES string of the molecule is O=C(C1CCOCC1)N1CCN(Cc2ccc(-c3cccc(F)c3)s2)CC1. The van der Waals surface area contributed by atoms with Crippen LogP contribution < -0.4 is 0 Å². The summed E-state index contributed by atoms with van der Waals surface area (Å²) in [5.41, 5.74) is 0.929. The summed E-state index contributed by atoms with van der Waals surface area (Å²) in [7, 11) is 0. The molecule has 6 heteroatoms. The normalized spacial score (nSPS) is 19.4. The second-order valence-electron chi connectivity index (χ2n) is 7.26. The Kier molecular flexibility index (Phi) is 5.86. The van der Waals surface area contributed by atoms with Crippen molar-refractivity contribution in [2.24, 2.45) is 5.92 Å². The van der Waals surface area contributed by atoms with Crippen LogP contribution in [0.3, 0.4) is 0 Å². The van der Waals surface area contributed by atoms with Gasteiger partial charge in [-0.05, 0) is 42.7 Å². The molecule has 0 unspecified atom stereocenters. The Labute approximate surface area is 163 Å². The molecule has 1 aromatic carbocycles. The molecule has 1 amide bonds. The molecule has 144 valence electrons. The molecule has 2 fully saturated rings. The zero-order valence-electron chi connectivity index (χ0n) is 15.4. The van der Waals surface area contributed by atoms with Crippen molar-refractivity contribution in [1.82, 2.24) is 9.80 Å². The van der Waals surface area contributed by atoms with Gasteiger partial charge in [-0.2, -0.15) is 0 Å². The summed E-state index contributed by atoms with van der Waals surface area (Å²) in [6, 6.07) is 10.9. The molecule has 4 rings (SSSR count). The van der Waals surface area contributed by atoms with Gasteiger partial charge >= 0.3 is 0 Å². The van der Waals surface area contributed by atoms with Gasteiger partial charge in [-0.1, -0.05) is 12.1 Å². The van der Waals surface area contributed by atoms with Crippen molar-refractivity contribution < 1.29 is 13.9 Å². The number of amides is 1. The molecular formula is C21H25FN2O2S. The van der Waals surface area contributed by atoms with Gasteiger partial charge in [-0.3, -0.25) is 9.69 Å². The minimum Gasteiger partial charge on any atom is -0.381 e. The largest absolute Gasteiger partial charge is 0.381 e. The van der Waals surface area contributed by atoms with E-state index in [4.69, 9.17) is 4.74 Å².